The zero-order valence-corrected chi connectivity index (χ0v) is 11.7. The molecule has 0 spiro atoms. The van der Waals surface area contributed by atoms with Gasteiger partial charge in [0.05, 0.1) is 5.69 Å². The normalized spacial score (nSPS) is 10.3. The topological polar surface area (TPSA) is 20.3 Å². The van der Waals surface area contributed by atoms with Crippen LogP contribution in [-0.4, -0.2) is 12.8 Å². The zero-order chi connectivity index (χ0) is 13.8. The molecule has 2 nitrogen and oxygen atoms in total. The van der Waals surface area contributed by atoms with Crippen LogP contribution in [0.15, 0.2) is 42.5 Å². The number of hydrogen-bond acceptors (Lipinski definition) is 2. The first kappa shape index (κ1) is 13.3. The van der Waals surface area contributed by atoms with Crippen LogP contribution in [0.3, 0.4) is 0 Å². The van der Waals surface area contributed by atoms with Crippen LogP contribution in [-0.2, 0) is 0 Å². The predicted molar refractivity (Wildman–Crippen MR) is 80.4 cm³/mol. The van der Waals surface area contributed by atoms with Crippen LogP contribution in [0, 0.1) is 13.8 Å². The summed E-state index contributed by atoms with van der Waals surface area (Å²) in [6, 6.07) is 14.2. The molecular weight excluding hydrogens is 234 g/mol. The second-order valence-electron chi connectivity index (χ2n) is 4.71. The third kappa shape index (κ3) is 2.68. The number of aldehydes is 1. The summed E-state index contributed by atoms with van der Waals surface area (Å²) in [6.07, 6.45) is 0.934. The summed E-state index contributed by atoms with van der Waals surface area (Å²) >= 11 is 0. The van der Waals surface area contributed by atoms with E-state index in [-0.39, 0.29) is 0 Å². The number of aryl methyl sites for hydroxylation is 2. The standard InChI is InChI=1S/C17H19NO/c1-4-18(16-8-6-5-7-14(16)3)17-10-9-13(2)11-15(17)12-19/h5-12H,4H2,1-3H3. The number of hydrogen-bond donors (Lipinski definition) is 0. The Morgan fingerprint density at radius 3 is 2.42 bits per heavy atom. The summed E-state index contributed by atoms with van der Waals surface area (Å²) in [5.41, 5.74) is 5.17. The lowest BCUT2D eigenvalue weighted by atomic mass is 10.1. The molecule has 2 aromatic carbocycles. The van der Waals surface area contributed by atoms with Gasteiger partial charge in [0.1, 0.15) is 0 Å². The van der Waals surface area contributed by atoms with E-state index in [4.69, 9.17) is 0 Å². The van der Waals surface area contributed by atoms with E-state index in [0.717, 1.165) is 35.3 Å². The van der Waals surface area contributed by atoms with E-state index in [1.807, 2.05) is 37.3 Å². The zero-order valence-electron chi connectivity index (χ0n) is 11.7. The SMILES string of the molecule is CCN(c1ccccc1C)c1ccc(C)cc1C=O. The molecular formula is C17H19NO. The Morgan fingerprint density at radius 1 is 1.05 bits per heavy atom. The molecule has 2 rings (SSSR count). The number of anilines is 2. The first-order valence-corrected chi connectivity index (χ1v) is 6.56. The van der Waals surface area contributed by atoms with Crippen molar-refractivity contribution in [2.45, 2.75) is 20.8 Å². The third-order valence-corrected chi connectivity index (χ3v) is 3.32. The highest BCUT2D eigenvalue weighted by atomic mass is 16.1. The number of rotatable bonds is 4. The van der Waals surface area contributed by atoms with Gasteiger partial charge < -0.3 is 4.90 Å². The van der Waals surface area contributed by atoms with Crippen LogP contribution in [0.5, 0.6) is 0 Å². The van der Waals surface area contributed by atoms with Crippen molar-refractivity contribution in [3.05, 3.63) is 59.2 Å². The van der Waals surface area contributed by atoms with E-state index < -0.39 is 0 Å². The van der Waals surface area contributed by atoms with Gasteiger partial charge in [-0.2, -0.15) is 0 Å². The highest BCUT2D eigenvalue weighted by molar-refractivity contribution is 5.87. The van der Waals surface area contributed by atoms with Crippen LogP contribution in [0.1, 0.15) is 28.4 Å². The van der Waals surface area contributed by atoms with Gasteiger partial charge in [-0.25, -0.2) is 0 Å². The molecule has 19 heavy (non-hydrogen) atoms. The van der Waals surface area contributed by atoms with Gasteiger partial charge >= 0.3 is 0 Å². The Balaban J connectivity index is 2.54. The Hall–Kier alpha value is -2.09. The minimum atomic E-state index is 0.741. The van der Waals surface area contributed by atoms with Crippen molar-refractivity contribution in [3.63, 3.8) is 0 Å². The van der Waals surface area contributed by atoms with Crippen LogP contribution in [0.25, 0.3) is 0 Å². The molecule has 0 saturated heterocycles. The van der Waals surface area contributed by atoms with Crippen LogP contribution < -0.4 is 4.90 Å². The van der Waals surface area contributed by atoms with Gasteiger partial charge in [0.25, 0.3) is 0 Å². The molecule has 0 fully saturated rings. The second-order valence-corrected chi connectivity index (χ2v) is 4.71. The van der Waals surface area contributed by atoms with Crippen molar-refractivity contribution >= 4 is 17.7 Å². The van der Waals surface area contributed by atoms with Crippen molar-refractivity contribution in [2.24, 2.45) is 0 Å². The summed E-state index contributed by atoms with van der Waals surface area (Å²) in [6.45, 7) is 7.02. The van der Waals surface area contributed by atoms with Gasteiger partial charge in [0.15, 0.2) is 6.29 Å². The van der Waals surface area contributed by atoms with Crippen LogP contribution in [0.2, 0.25) is 0 Å². The lowest BCUT2D eigenvalue weighted by Gasteiger charge is -2.26. The highest BCUT2D eigenvalue weighted by Gasteiger charge is 2.13. The van der Waals surface area contributed by atoms with E-state index in [1.54, 1.807) is 0 Å². The van der Waals surface area contributed by atoms with Gasteiger partial charge in [0, 0.05) is 17.8 Å². The fourth-order valence-corrected chi connectivity index (χ4v) is 2.35. The first-order chi connectivity index (χ1) is 9.17. The van der Waals surface area contributed by atoms with E-state index >= 15 is 0 Å². The quantitative estimate of drug-likeness (QED) is 0.758. The summed E-state index contributed by atoms with van der Waals surface area (Å²) < 4.78 is 0. The minimum absolute atomic E-state index is 0.741. The number of carbonyl (C=O) groups is 1. The molecule has 0 N–H and O–H groups in total. The Labute approximate surface area is 114 Å². The maximum atomic E-state index is 11.3. The smallest absolute Gasteiger partial charge is 0.152 e. The molecule has 0 saturated carbocycles. The van der Waals surface area contributed by atoms with E-state index in [1.165, 1.54) is 5.56 Å². The van der Waals surface area contributed by atoms with Gasteiger partial charge in [0.2, 0.25) is 0 Å². The molecule has 0 aliphatic rings. The largest absolute Gasteiger partial charge is 0.341 e. The predicted octanol–water partition coefficient (Wildman–Crippen LogP) is 4.27. The number of para-hydroxylation sites is 1. The summed E-state index contributed by atoms with van der Waals surface area (Å²) in [5, 5.41) is 0. The van der Waals surface area contributed by atoms with E-state index in [2.05, 4.69) is 30.9 Å². The van der Waals surface area contributed by atoms with Crippen molar-refractivity contribution in [1.82, 2.24) is 0 Å². The fourth-order valence-electron chi connectivity index (χ4n) is 2.35. The van der Waals surface area contributed by atoms with Crippen molar-refractivity contribution < 1.29 is 4.79 Å². The van der Waals surface area contributed by atoms with Crippen LogP contribution in [0.4, 0.5) is 11.4 Å². The molecule has 0 radical (unpaired) electrons. The first-order valence-electron chi connectivity index (χ1n) is 6.56. The molecule has 0 aliphatic heterocycles. The summed E-state index contributed by atoms with van der Waals surface area (Å²) in [5.74, 6) is 0. The van der Waals surface area contributed by atoms with E-state index in [9.17, 15) is 4.79 Å². The number of benzene rings is 2. The van der Waals surface area contributed by atoms with Crippen molar-refractivity contribution in [1.29, 1.82) is 0 Å². The average Bonchev–Trinajstić information content (AvgIpc) is 2.43. The molecule has 0 amide bonds. The van der Waals surface area contributed by atoms with Gasteiger partial charge in [-0.3, -0.25) is 4.79 Å². The number of carbonyl (C=O) groups excluding carboxylic acids is 1. The van der Waals surface area contributed by atoms with Crippen molar-refractivity contribution in [3.8, 4) is 0 Å². The van der Waals surface area contributed by atoms with Gasteiger partial charge in [-0.05, 0) is 44.5 Å². The maximum Gasteiger partial charge on any atom is 0.152 e. The van der Waals surface area contributed by atoms with Crippen LogP contribution >= 0.6 is 0 Å². The molecule has 0 aromatic heterocycles. The lowest BCUT2D eigenvalue weighted by molar-refractivity contribution is 0.112. The Morgan fingerprint density at radius 2 is 1.79 bits per heavy atom. The third-order valence-electron chi connectivity index (χ3n) is 3.32. The minimum Gasteiger partial charge on any atom is -0.341 e. The lowest BCUT2D eigenvalue weighted by Crippen LogP contribution is -2.18. The summed E-state index contributed by atoms with van der Waals surface area (Å²) in [7, 11) is 0. The van der Waals surface area contributed by atoms with Crippen molar-refractivity contribution in [2.75, 3.05) is 11.4 Å². The maximum absolute atomic E-state index is 11.3. The fraction of sp³-hybridized carbons (Fsp3) is 0.235. The molecule has 0 unspecified atom stereocenters. The average molecular weight is 253 g/mol. The van der Waals surface area contributed by atoms with Gasteiger partial charge in [-0.15, -0.1) is 0 Å². The monoisotopic (exact) mass is 253 g/mol. The Kier molecular flexibility index (Phi) is 4.00. The second kappa shape index (κ2) is 5.70. The highest BCUT2D eigenvalue weighted by Crippen LogP contribution is 2.30. The molecule has 0 bridgehead atoms. The summed E-state index contributed by atoms with van der Waals surface area (Å²) in [4.78, 5) is 13.5. The molecule has 0 heterocycles. The molecule has 0 atom stereocenters. The van der Waals surface area contributed by atoms with Gasteiger partial charge in [-0.1, -0.05) is 29.8 Å². The molecule has 0 aliphatic carbocycles. The molecule has 98 valence electrons. The Bertz CT molecular complexity index is 590. The number of nitrogens with zero attached hydrogens (tertiary/aromatic N) is 1. The molecule has 2 aromatic rings. The van der Waals surface area contributed by atoms with E-state index in [0.29, 0.717) is 0 Å². The molecule has 2 heteroatoms.